The fourth-order valence-corrected chi connectivity index (χ4v) is 3.89. The highest BCUT2D eigenvalue weighted by Crippen LogP contribution is 2.44. The summed E-state index contributed by atoms with van der Waals surface area (Å²) < 4.78 is 10.6. The van der Waals surface area contributed by atoms with Crippen LogP contribution in [-0.2, 0) is 14.3 Å². The van der Waals surface area contributed by atoms with Crippen LogP contribution in [0, 0.1) is 5.92 Å². The monoisotopic (exact) mass is 355 g/mol. The lowest BCUT2D eigenvalue weighted by molar-refractivity contribution is -0.146. The molecule has 138 valence electrons. The zero-order valence-electron chi connectivity index (χ0n) is 15.6. The molecule has 5 heteroatoms. The molecule has 3 rings (SSSR count). The number of hydrogen-bond acceptors (Lipinski definition) is 5. The summed E-state index contributed by atoms with van der Waals surface area (Å²) in [6.45, 7) is 4.09. The lowest BCUT2D eigenvalue weighted by Gasteiger charge is -2.35. The Hall–Kier alpha value is -2.43. The van der Waals surface area contributed by atoms with Gasteiger partial charge in [-0.2, -0.15) is 0 Å². The number of ketones is 1. The number of ether oxygens (including phenoxy) is 2. The maximum Gasteiger partial charge on any atom is 0.315 e. The molecule has 26 heavy (non-hydrogen) atoms. The van der Waals surface area contributed by atoms with Gasteiger partial charge >= 0.3 is 5.97 Å². The third kappa shape index (κ3) is 3.30. The zero-order valence-corrected chi connectivity index (χ0v) is 15.6. The van der Waals surface area contributed by atoms with Gasteiger partial charge in [0.15, 0.2) is 5.78 Å². The van der Waals surface area contributed by atoms with Crippen molar-refractivity contribution >= 4 is 17.5 Å². The number of nitrogens with zero attached hydrogens (tertiary/aromatic N) is 1. The molecule has 1 unspecified atom stereocenters. The molecule has 0 aromatic heterocycles. The van der Waals surface area contributed by atoms with E-state index < -0.39 is 5.92 Å². The lowest BCUT2D eigenvalue weighted by Crippen LogP contribution is -2.38. The Bertz CT molecular complexity index is 761. The van der Waals surface area contributed by atoms with Crippen molar-refractivity contribution in [3.05, 3.63) is 41.1 Å². The predicted octanol–water partition coefficient (Wildman–Crippen LogP) is 3.83. The van der Waals surface area contributed by atoms with E-state index in [2.05, 4.69) is 0 Å². The van der Waals surface area contributed by atoms with Crippen molar-refractivity contribution in [3.63, 3.8) is 0 Å². The summed E-state index contributed by atoms with van der Waals surface area (Å²) in [6, 6.07) is 7.59. The molecule has 1 aliphatic carbocycles. The van der Waals surface area contributed by atoms with E-state index in [1.807, 2.05) is 31.2 Å². The van der Waals surface area contributed by atoms with Crippen LogP contribution >= 0.6 is 0 Å². The van der Waals surface area contributed by atoms with E-state index in [4.69, 9.17) is 14.5 Å². The molecule has 5 nitrogen and oxygen atoms in total. The average molecular weight is 355 g/mol. The maximum atomic E-state index is 12.8. The van der Waals surface area contributed by atoms with Gasteiger partial charge < -0.3 is 9.47 Å². The van der Waals surface area contributed by atoms with E-state index in [-0.39, 0.29) is 17.7 Å². The van der Waals surface area contributed by atoms with Gasteiger partial charge in [0.25, 0.3) is 0 Å². The third-order valence-corrected chi connectivity index (χ3v) is 5.09. The summed E-state index contributed by atoms with van der Waals surface area (Å²) in [5, 5.41) is 0. The number of hydrogen-bond donors (Lipinski definition) is 0. The van der Waals surface area contributed by atoms with Crippen molar-refractivity contribution in [2.45, 2.75) is 45.4 Å². The quantitative estimate of drug-likeness (QED) is 0.753. The molecule has 0 saturated carbocycles. The highest BCUT2D eigenvalue weighted by atomic mass is 16.5. The van der Waals surface area contributed by atoms with Crippen molar-refractivity contribution in [2.75, 3.05) is 13.7 Å². The van der Waals surface area contributed by atoms with E-state index in [0.717, 1.165) is 35.6 Å². The minimum Gasteiger partial charge on any atom is -0.497 e. The van der Waals surface area contributed by atoms with E-state index in [1.165, 1.54) is 0 Å². The number of aliphatic imine (C=N–C) groups is 1. The van der Waals surface area contributed by atoms with Crippen LogP contribution in [0.4, 0.5) is 0 Å². The van der Waals surface area contributed by atoms with Gasteiger partial charge in [-0.1, -0.05) is 19.1 Å². The van der Waals surface area contributed by atoms with Crippen molar-refractivity contribution < 1.29 is 19.1 Å². The van der Waals surface area contributed by atoms with Gasteiger partial charge in [0.2, 0.25) is 0 Å². The molecule has 1 aromatic rings. The second kappa shape index (κ2) is 7.85. The first-order chi connectivity index (χ1) is 12.6. The third-order valence-electron chi connectivity index (χ3n) is 5.09. The summed E-state index contributed by atoms with van der Waals surface area (Å²) in [5.74, 6) is -0.353. The number of rotatable bonds is 5. The van der Waals surface area contributed by atoms with Gasteiger partial charge in [0.05, 0.1) is 13.7 Å². The van der Waals surface area contributed by atoms with Crippen molar-refractivity contribution in [3.8, 4) is 5.75 Å². The van der Waals surface area contributed by atoms with Crippen LogP contribution in [0.2, 0.25) is 0 Å². The fourth-order valence-electron chi connectivity index (χ4n) is 3.89. The number of benzene rings is 1. The Labute approximate surface area is 154 Å². The Morgan fingerprint density at radius 1 is 1.19 bits per heavy atom. The first-order valence-electron chi connectivity index (χ1n) is 9.24. The molecular formula is C21H25NO4. The Kier molecular flexibility index (Phi) is 5.55. The molecule has 1 aromatic carbocycles. The van der Waals surface area contributed by atoms with Crippen molar-refractivity contribution in [1.82, 2.24) is 0 Å². The molecule has 1 heterocycles. The second-order valence-electron chi connectivity index (χ2n) is 6.57. The summed E-state index contributed by atoms with van der Waals surface area (Å²) in [7, 11) is 1.62. The van der Waals surface area contributed by atoms with Crippen LogP contribution in [0.25, 0.3) is 0 Å². The molecule has 0 saturated heterocycles. The molecule has 0 radical (unpaired) electrons. The van der Waals surface area contributed by atoms with Gasteiger partial charge in [-0.05, 0) is 43.9 Å². The fraction of sp³-hybridized carbons (Fsp3) is 0.476. The molecule has 2 atom stereocenters. The van der Waals surface area contributed by atoms with Crippen LogP contribution in [-0.4, -0.2) is 31.2 Å². The molecule has 0 spiro atoms. The zero-order chi connectivity index (χ0) is 18.7. The number of carbonyl (C=O) groups excluding carboxylic acids is 2. The van der Waals surface area contributed by atoms with Crippen molar-refractivity contribution in [2.24, 2.45) is 10.9 Å². The molecule has 0 bridgehead atoms. The Balaban J connectivity index is 2.14. The number of allylic oxidation sites excluding steroid dienone is 2. The van der Waals surface area contributed by atoms with Gasteiger partial charge in [-0.25, -0.2) is 0 Å². The van der Waals surface area contributed by atoms with Crippen LogP contribution < -0.4 is 4.74 Å². The number of esters is 1. The standard InChI is InChI=1S/C21H25NO4/c1-4-15-20(21(24)26-5-2)18(13-9-11-14(25-3)12-10-13)19-16(22-15)7-6-8-17(19)23/h9-12,18,20H,4-8H2,1-3H3/t18-,20?/m1/s1. The van der Waals surface area contributed by atoms with Gasteiger partial charge in [-0.15, -0.1) is 0 Å². The topological polar surface area (TPSA) is 65.0 Å². The minimum atomic E-state index is -0.547. The van der Waals surface area contributed by atoms with Crippen LogP contribution in [0.3, 0.4) is 0 Å². The van der Waals surface area contributed by atoms with Gasteiger partial charge in [0.1, 0.15) is 11.7 Å². The Morgan fingerprint density at radius 2 is 1.92 bits per heavy atom. The maximum absolute atomic E-state index is 12.8. The second-order valence-corrected chi connectivity index (χ2v) is 6.57. The van der Waals surface area contributed by atoms with E-state index in [9.17, 15) is 9.59 Å². The van der Waals surface area contributed by atoms with E-state index in [1.54, 1.807) is 14.0 Å². The lowest BCUT2D eigenvalue weighted by atomic mass is 9.71. The van der Waals surface area contributed by atoms with Crippen LogP contribution in [0.15, 0.2) is 40.5 Å². The molecule has 0 N–H and O–H groups in total. The molecule has 0 fully saturated rings. The summed E-state index contributed by atoms with van der Waals surface area (Å²) >= 11 is 0. The van der Waals surface area contributed by atoms with E-state index in [0.29, 0.717) is 25.0 Å². The largest absolute Gasteiger partial charge is 0.497 e. The van der Waals surface area contributed by atoms with Gasteiger partial charge in [0, 0.05) is 29.3 Å². The predicted molar refractivity (Wildman–Crippen MR) is 99.5 cm³/mol. The highest BCUT2D eigenvalue weighted by molar-refractivity contribution is 6.09. The first-order valence-corrected chi connectivity index (χ1v) is 9.24. The first kappa shape index (κ1) is 18.4. The average Bonchev–Trinajstić information content (AvgIpc) is 2.67. The molecular weight excluding hydrogens is 330 g/mol. The van der Waals surface area contributed by atoms with Crippen LogP contribution in [0.1, 0.15) is 51.0 Å². The van der Waals surface area contributed by atoms with E-state index >= 15 is 0 Å². The molecule has 2 aliphatic rings. The smallest absolute Gasteiger partial charge is 0.315 e. The normalized spacial score (nSPS) is 22.6. The number of methoxy groups -OCH3 is 1. The molecule has 0 amide bonds. The highest BCUT2D eigenvalue weighted by Gasteiger charge is 2.43. The van der Waals surface area contributed by atoms with Crippen LogP contribution in [0.5, 0.6) is 5.75 Å². The van der Waals surface area contributed by atoms with Gasteiger partial charge in [-0.3, -0.25) is 14.6 Å². The van der Waals surface area contributed by atoms with Crippen molar-refractivity contribution in [1.29, 1.82) is 0 Å². The Morgan fingerprint density at radius 3 is 2.54 bits per heavy atom. The summed E-state index contributed by atoms with van der Waals surface area (Å²) in [6.07, 6.45) is 2.77. The molecule has 1 aliphatic heterocycles. The minimum absolute atomic E-state index is 0.0975. The number of carbonyl (C=O) groups is 2. The summed E-state index contributed by atoms with van der Waals surface area (Å²) in [5.41, 5.74) is 3.27. The SMILES string of the molecule is CCOC(=O)C1C(CC)=NC2=C(C(=O)CCC2)[C@H]1c1ccc(OC)cc1. The number of Topliss-reactive ketones (excluding diaryl/α,β-unsaturated/α-hetero) is 1. The summed E-state index contributed by atoms with van der Waals surface area (Å²) in [4.78, 5) is 30.3.